The first-order valence-electron chi connectivity index (χ1n) is 5.63. The van der Waals surface area contributed by atoms with Gasteiger partial charge in [0, 0.05) is 16.6 Å². The van der Waals surface area contributed by atoms with Crippen molar-refractivity contribution in [3.63, 3.8) is 0 Å². The monoisotopic (exact) mass is 277 g/mol. The fourth-order valence-corrected chi connectivity index (χ4v) is 1.84. The number of nitrogens with two attached hydrogens (primary N) is 1. The van der Waals surface area contributed by atoms with E-state index in [2.05, 4.69) is 13.8 Å². The van der Waals surface area contributed by atoms with Crippen LogP contribution in [0.5, 0.6) is 5.75 Å². The molecule has 0 aliphatic rings. The summed E-state index contributed by atoms with van der Waals surface area (Å²) in [5.41, 5.74) is 7.15. The highest BCUT2D eigenvalue weighted by atomic mass is 35.5. The minimum absolute atomic E-state index is 0. The Balaban J connectivity index is 0.00000256. The Bertz CT molecular complexity index is 342. The van der Waals surface area contributed by atoms with Crippen LogP contribution in [0.4, 0.5) is 0 Å². The average Bonchev–Trinajstić information content (AvgIpc) is 2.25. The molecule has 2 N–H and O–H groups in total. The molecule has 98 valence electrons. The summed E-state index contributed by atoms with van der Waals surface area (Å²) in [6.07, 6.45) is 2.06. The summed E-state index contributed by atoms with van der Waals surface area (Å²) in [4.78, 5) is 0. The smallest absolute Gasteiger partial charge is 0.123 e. The number of hydrogen-bond donors (Lipinski definition) is 1. The van der Waals surface area contributed by atoms with E-state index >= 15 is 0 Å². The summed E-state index contributed by atoms with van der Waals surface area (Å²) in [6, 6.07) is 5.58. The molecule has 0 bridgehead atoms. The maximum Gasteiger partial charge on any atom is 0.123 e. The maximum absolute atomic E-state index is 6.15. The van der Waals surface area contributed by atoms with E-state index < -0.39 is 0 Å². The van der Waals surface area contributed by atoms with Crippen LogP contribution in [0.3, 0.4) is 0 Å². The molecule has 0 radical (unpaired) electrons. The lowest BCUT2D eigenvalue weighted by molar-refractivity contribution is 0.401. The first kappa shape index (κ1) is 16.6. The van der Waals surface area contributed by atoms with Gasteiger partial charge in [-0.15, -0.1) is 12.4 Å². The number of ether oxygens (including phenoxy) is 1. The molecule has 1 aromatic rings. The lowest BCUT2D eigenvalue weighted by atomic mass is 9.98. The fraction of sp³-hybridized carbons (Fsp3) is 0.538. The molecule has 1 rings (SSSR count). The number of hydrogen-bond acceptors (Lipinski definition) is 2. The van der Waals surface area contributed by atoms with Crippen LogP contribution in [0.1, 0.15) is 38.3 Å². The first-order chi connectivity index (χ1) is 7.54. The van der Waals surface area contributed by atoms with Crippen molar-refractivity contribution in [1.82, 2.24) is 0 Å². The molecule has 0 aliphatic heterocycles. The van der Waals surface area contributed by atoms with E-state index in [1.54, 1.807) is 7.11 Å². The second kappa shape index (κ2) is 7.80. The molecule has 0 heterocycles. The second-order valence-electron chi connectivity index (χ2n) is 4.46. The van der Waals surface area contributed by atoms with E-state index in [0.29, 0.717) is 10.9 Å². The van der Waals surface area contributed by atoms with Gasteiger partial charge in [0.25, 0.3) is 0 Å². The van der Waals surface area contributed by atoms with Gasteiger partial charge in [-0.25, -0.2) is 0 Å². The van der Waals surface area contributed by atoms with Crippen LogP contribution in [0.2, 0.25) is 5.02 Å². The van der Waals surface area contributed by atoms with Crippen molar-refractivity contribution >= 4 is 24.0 Å². The predicted molar refractivity (Wildman–Crippen MR) is 76.3 cm³/mol. The summed E-state index contributed by atoms with van der Waals surface area (Å²) in [6.45, 7) is 4.39. The maximum atomic E-state index is 6.15. The number of halogens is 2. The molecule has 0 aromatic heterocycles. The fourth-order valence-electron chi connectivity index (χ4n) is 1.66. The topological polar surface area (TPSA) is 35.2 Å². The van der Waals surface area contributed by atoms with Gasteiger partial charge < -0.3 is 10.5 Å². The molecule has 1 aromatic carbocycles. The third-order valence-electron chi connectivity index (χ3n) is 2.65. The normalized spacial score (nSPS) is 12.1. The second-order valence-corrected chi connectivity index (χ2v) is 4.90. The third-order valence-corrected chi connectivity index (χ3v) is 2.88. The van der Waals surface area contributed by atoms with Gasteiger partial charge in [-0.2, -0.15) is 0 Å². The molecule has 0 fully saturated rings. The Morgan fingerprint density at radius 3 is 2.47 bits per heavy atom. The number of methoxy groups -OCH3 is 1. The van der Waals surface area contributed by atoms with E-state index in [1.807, 2.05) is 18.2 Å². The van der Waals surface area contributed by atoms with Crippen molar-refractivity contribution in [2.75, 3.05) is 7.11 Å². The lowest BCUT2D eigenvalue weighted by Crippen LogP contribution is -2.12. The van der Waals surface area contributed by atoms with E-state index in [1.165, 1.54) is 0 Å². The molecule has 0 saturated heterocycles. The van der Waals surface area contributed by atoms with E-state index in [-0.39, 0.29) is 18.4 Å². The number of benzene rings is 1. The molecule has 0 saturated carbocycles. The standard InChI is InChI=1S/C13H20ClNO.ClH/c1-9(2)4-6-12(15)11-8-10(14)5-7-13(11)16-3;/h5,7-9,12H,4,6,15H2,1-3H3;1H/t12-;/m1./s1. The highest BCUT2D eigenvalue weighted by Crippen LogP contribution is 2.29. The Labute approximate surface area is 115 Å². The minimum atomic E-state index is -0.00366. The van der Waals surface area contributed by atoms with Gasteiger partial charge in [-0.1, -0.05) is 25.4 Å². The lowest BCUT2D eigenvalue weighted by Gasteiger charge is -2.17. The van der Waals surface area contributed by atoms with Crippen molar-refractivity contribution in [3.8, 4) is 5.75 Å². The molecule has 0 aliphatic carbocycles. The Kier molecular flexibility index (Phi) is 7.60. The van der Waals surface area contributed by atoms with E-state index in [9.17, 15) is 0 Å². The minimum Gasteiger partial charge on any atom is -0.496 e. The Morgan fingerprint density at radius 2 is 1.94 bits per heavy atom. The molecule has 0 spiro atoms. The summed E-state index contributed by atoms with van der Waals surface area (Å²) in [5.74, 6) is 1.48. The first-order valence-corrected chi connectivity index (χ1v) is 6.01. The molecule has 1 atom stereocenters. The highest BCUT2D eigenvalue weighted by molar-refractivity contribution is 6.30. The van der Waals surface area contributed by atoms with E-state index in [4.69, 9.17) is 22.1 Å². The van der Waals surface area contributed by atoms with Gasteiger partial charge in [0.1, 0.15) is 5.75 Å². The molecular weight excluding hydrogens is 257 g/mol. The van der Waals surface area contributed by atoms with Crippen molar-refractivity contribution < 1.29 is 4.74 Å². The van der Waals surface area contributed by atoms with E-state index in [0.717, 1.165) is 24.2 Å². The largest absolute Gasteiger partial charge is 0.496 e. The molecular formula is C13H21Cl2NO. The van der Waals surface area contributed by atoms with Crippen LogP contribution in [-0.4, -0.2) is 7.11 Å². The summed E-state index contributed by atoms with van der Waals surface area (Å²) >= 11 is 5.97. The van der Waals surface area contributed by atoms with Crippen LogP contribution < -0.4 is 10.5 Å². The Morgan fingerprint density at radius 1 is 1.29 bits per heavy atom. The van der Waals surface area contributed by atoms with Crippen LogP contribution in [0, 0.1) is 5.92 Å². The summed E-state index contributed by atoms with van der Waals surface area (Å²) < 4.78 is 5.29. The van der Waals surface area contributed by atoms with Crippen molar-refractivity contribution in [2.24, 2.45) is 11.7 Å². The molecule has 17 heavy (non-hydrogen) atoms. The Hall–Kier alpha value is -0.440. The van der Waals surface area contributed by atoms with Gasteiger partial charge in [-0.05, 0) is 37.0 Å². The van der Waals surface area contributed by atoms with Gasteiger partial charge >= 0.3 is 0 Å². The van der Waals surface area contributed by atoms with Gasteiger partial charge in [0.05, 0.1) is 7.11 Å². The van der Waals surface area contributed by atoms with Crippen LogP contribution in [0.15, 0.2) is 18.2 Å². The average molecular weight is 278 g/mol. The van der Waals surface area contributed by atoms with Crippen LogP contribution in [0.25, 0.3) is 0 Å². The molecule has 2 nitrogen and oxygen atoms in total. The SMILES string of the molecule is COc1ccc(Cl)cc1[C@H](N)CCC(C)C.Cl. The predicted octanol–water partition coefficient (Wildman–Crippen LogP) is 4.21. The van der Waals surface area contributed by atoms with Gasteiger partial charge in [0.2, 0.25) is 0 Å². The van der Waals surface area contributed by atoms with Gasteiger partial charge in [0.15, 0.2) is 0 Å². The zero-order valence-electron chi connectivity index (χ0n) is 10.6. The highest BCUT2D eigenvalue weighted by Gasteiger charge is 2.12. The molecule has 4 heteroatoms. The van der Waals surface area contributed by atoms with Crippen LogP contribution in [-0.2, 0) is 0 Å². The van der Waals surface area contributed by atoms with Crippen molar-refractivity contribution in [1.29, 1.82) is 0 Å². The summed E-state index contributed by atoms with van der Waals surface area (Å²) in [7, 11) is 1.65. The third kappa shape index (κ3) is 5.15. The zero-order chi connectivity index (χ0) is 12.1. The molecule has 0 unspecified atom stereocenters. The van der Waals surface area contributed by atoms with Gasteiger partial charge in [-0.3, -0.25) is 0 Å². The molecule has 0 amide bonds. The van der Waals surface area contributed by atoms with Crippen molar-refractivity contribution in [2.45, 2.75) is 32.7 Å². The van der Waals surface area contributed by atoms with Crippen LogP contribution >= 0.6 is 24.0 Å². The zero-order valence-corrected chi connectivity index (χ0v) is 12.1. The quantitative estimate of drug-likeness (QED) is 0.875. The summed E-state index contributed by atoms with van der Waals surface area (Å²) in [5, 5.41) is 0.704. The number of rotatable bonds is 5. The van der Waals surface area contributed by atoms with Crippen molar-refractivity contribution in [3.05, 3.63) is 28.8 Å².